The minimum absolute atomic E-state index is 0.107. The molecule has 0 atom stereocenters. The lowest BCUT2D eigenvalue weighted by atomic mass is 9.93. The van der Waals surface area contributed by atoms with Gasteiger partial charge in [-0.3, -0.25) is 19.3 Å². The summed E-state index contributed by atoms with van der Waals surface area (Å²) in [6.07, 6.45) is -13.3. The summed E-state index contributed by atoms with van der Waals surface area (Å²) in [4.78, 5) is 39.1. The van der Waals surface area contributed by atoms with Crippen molar-refractivity contribution in [2.45, 2.75) is 31.6 Å². The molecule has 0 saturated heterocycles. The van der Waals surface area contributed by atoms with Crippen LogP contribution in [0.15, 0.2) is 59.1 Å². The number of benzene rings is 3. The van der Waals surface area contributed by atoms with E-state index < -0.39 is 93.3 Å². The number of halogens is 12. The lowest BCUT2D eigenvalue weighted by molar-refractivity contribution is -0.348. The quantitative estimate of drug-likeness (QED) is 0.167. The summed E-state index contributed by atoms with van der Waals surface area (Å²) in [6, 6.07) is 5.98. The number of hydrogen-bond acceptors (Lipinski definition) is 5. The van der Waals surface area contributed by atoms with E-state index in [2.05, 4.69) is 20.7 Å². The Hall–Kier alpha value is -4.42. The van der Waals surface area contributed by atoms with E-state index in [-0.39, 0.29) is 24.3 Å². The third kappa shape index (κ3) is 7.94. The highest BCUT2D eigenvalue weighted by molar-refractivity contribution is 9.10. The van der Waals surface area contributed by atoms with Crippen LogP contribution in [-0.2, 0) is 15.2 Å². The first kappa shape index (κ1) is 37.0. The first-order valence-corrected chi connectivity index (χ1v) is 13.5. The summed E-state index contributed by atoms with van der Waals surface area (Å²) in [5, 5.41) is 1.79. The summed E-state index contributed by atoms with van der Waals surface area (Å²) in [6.45, 7) is -3.59. The highest BCUT2D eigenvalue weighted by Gasteiger charge is 2.73. The molecule has 0 aliphatic heterocycles. The van der Waals surface area contributed by atoms with E-state index in [1.165, 1.54) is 6.92 Å². The van der Waals surface area contributed by atoms with Crippen LogP contribution in [0.25, 0.3) is 0 Å². The van der Waals surface area contributed by atoms with Crippen molar-refractivity contribution in [3.63, 3.8) is 0 Å². The highest BCUT2D eigenvalue weighted by atomic mass is 79.9. The number of anilines is 2. The molecule has 2 amide bonds. The van der Waals surface area contributed by atoms with Crippen molar-refractivity contribution in [2.24, 2.45) is 0 Å². The Morgan fingerprint density at radius 1 is 0.915 bits per heavy atom. The molecule has 0 aliphatic carbocycles. The monoisotopic (exact) mass is 750 g/mol. The fourth-order valence-corrected chi connectivity index (χ4v) is 4.55. The lowest BCUT2D eigenvalue weighted by Gasteiger charge is -2.31. The fourth-order valence-electron chi connectivity index (χ4n) is 4.01. The summed E-state index contributed by atoms with van der Waals surface area (Å²) in [5.74, 6) is -7.57. The molecule has 0 heterocycles. The molecular weight excluding hydrogens is 733 g/mol. The predicted molar refractivity (Wildman–Crippen MR) is 145 cm³/mol. The molecule has 19 heteroatoms. The lowest BCUT2D eigenvalue weighted by Crippen LogP contribution is -2.50. The van der Waals surface area contributed by atoms with Gasteiger partial charge in [0.2, 0.25) is 0 Å². The van der Waals surface area contributed by atoms with E-state index in [1.807, 2.05) is 0 Å². The third-order valence-electron chi connectivity index (χ3n) is 6.13. The molecule has 0 aliphatic rings. The second kappa shape index (κ2) is 14.1. The van der Waals surface area contributed by atoms with Crippen LogP contribution < -0.4 is 15.0 Å². The molecule has 0 unspecified atom stereocenters. The molecule has 0 radical (unpaired) electrons. The van der Waals surface area contributed by atoms with Crippen molar-refractivity contribution in [1.82, 2.24) is 0 Å². The maximum atomic E-state index is 15.8. The van der Waals surface area contributed by atoms with Crippen molar-refractivity contribution in [2.75, 3.05) is 23.4 Å². The molecule has 0 spiro atoms. The van der Waals surface area contributed by atoms with Gasteiger partial charge in [-0.25, -0.2) is 13.2 Å². The van der Waals surface area contributed by atoms with Gasteiger partial charge in [0.1, 0.15) is 12.4 Å². The molecule has 1 N–H and O–H groups in total. The number of esters is 1. The van der Waals surface area contributed by atoms with Gasteiger partial charge in [-0.15, -0.1) is 0 Å². The van der Waals surface area contributed by atoms with Gasteiger partial charge >= 0.3 is 30.6 Å². The zero-order valence-electron chi connectivity index (χ0n) is 23.2. The number of carbonyl (C=O) groups is 3. The Balaban J connectivity index is 2.11. The third-order valence-corrected chi connectivity index (χ3v) is 6.76. The maximum absolute atomic E-state index is 15.8. The average molecular weight is 751 g/mol. The normalized spacial score (nSPS) is 12.1. The SMILES string of the molecule is CCOC(=O)CN(C(=O)c1ccc(F)cc1)c1cccc(C(=O)Nc2c(Br)cc(C(F)(C(F)(F)F)C(F)(F)F)cc2OC(F)F)c1F. The topological polar surface area (TPSA) is 84.9 Å². The number of rotatable bonds is 10. The highest BCUT2D eigenvalue weighted by Crippen LogP contribution is 2.55. The molecule has 0 aromatic heterocycles. The number of amides is 2. The molecule has 47 heavy (non-hydrogen) atoms. The maximum Gasteiger partial charge on any atom is 0.435 e. The molecule has 3 rings (SSSR count). The molecule has 0 fully saturated rings. The van der Waals surface area contributed by atoms with E-state index >= 15 is 4.39 Å². The van der Waals surface area contributed by atoms with Gasteiger partial charge in [0.05, 0.1) is 23.5 Å². The Kier molecular flexibility index (Phi) is 11.1. The molecule has 0 saturated carbocycles. The number of alkyl halides is 9. The zero-order valence-corrected chi connectivity index (χ0v) is 24.8. The van der Waals surface area contributed by atoms with Crippen LogP contribution >= 0.6 is 15.9 Å². The summed E-state index contributed by atoms with van der Waals surface area (Å²) >= 11 is 2.50. The van der Waals surface area contributed by atoms with Crippen LogP contribution in [0.5, 0.6) is 5.75 Å². The van der Waals surface area contributed by atoms with E-state index in [1.54, 1.807) is 5.32 Å². The number of hydrogen-bond donors (Lipinski definition) is 1. The van der Waals surface area contributed by atoms with Gasteiger partial charge in [-0.05, 0) is 71.4 Å². The van der Waals surface area contributed by atoms with Crippen LogP contribution in [0.2, 0.25) is 0 Å². The van der Waals surface area contributed by atoms with Crippen molar-refractivity contribution in [3.8, 4) is 5.75 Å². The van der Waals surface area contributed by atoms with Crippen LogP contribution in [0.4, 0.5) is 59.7 Å². The van der Waals surface area contributed by atoms with Crippen molar-refractivity contribution in [1.29, 1.82) is 0 Å². The van der Waals surface area contributed by atoms with E-state index in [9.17, 15) is 58.3 Å². The van der Waals surface area contributed by atoms with Gasteiger partial charge in [0.25, 0.3) is 11.8 Å². The summed E-state index contributed by atoms with van der Waals surface area (Å²) in [7, 11) is 0. The van der Waals surface area contributed by atoms with Gasteiger partial charge in [-0.1, -0.05) is 6.07 Å². The summed E-state index contributed by atoms with van der Waals surface area (Å²) in [5.41, 5.74) is -11.4. The van der Waals surface area contributed by atoms with Crippen LogP contribution in [0.1, 0.15) is 33.2 Å². The zero-order chi connectivity index (χ0) is 35.5. The molecular formula is C28H18BrF11N2O5. The van der Waals surface area contributed by atoms with E-state index in [4.69, 9.17) is 4.74 Å². The Labute approximate surface area is 265 Å². The van der Waals surface area contributed by atoms with Gasteiger partial charge in [0, 0.05) is 15.6 Å². The molecule has 3 aromatic rings. The minimum Gasteiger partial charge on any atom is -0.465 e. The first-order valence-electron chi connectivity index (χ1n) is 12.7. The number of ether oxygens (including phenoxy) is 2. The van der Waals surface area contributed by atoms with Gasteiger partial charge in [-0.2, -0.15) is 35.1 Å². The van der Waals surface area contributed by atoms with Crippen molar-refractivity contribution in [3.05, 3.63) is 87.4 Å². The standard InChI is InChI=1S/C28H18BrF11N2O5/c1-2-46-20(43)12-42(24(45)13-6-8-15(30)9-7-13)18-5-3-4-16(21(18)31)23(44)41-22-17(29)10-14(11-19(22)47-25(32)33)26(34,27(35,36)37)28(38,39)40/h3-11,25H,2,12H2,1H3,(H,41,44). The first-order chi connectivity index (χ1) is 21.7. The number of nitrogens with zero attached hydrogens (tertiary/aromatic N) is 1. The predicted octanol–water partition coefficient (Wildman–Crippen LogP) is 8.08. The Morgan fingerprint density at radius 3 is 2.04 bits per heavy atom. The van der Waals surface area contributed by atoms with Crippen LogP contribution in [0, 0.1) is 11.6 Å². The number of nitrogens with one attached hydrogen (secondary N) is 1. The molecule has 0 bridgehead atoms. The van der Waals surface area contributed by atoms with Crippen molar-refractivity contribution < 1.29 is 72.2 Å². The van der Waals surface area contributed by atoms with Gasteiger partial charge < -0.3 is 14.8 Å². The molecule has 254 valence electrons. The molecule has 7 nitrogen and oxygen atoms in total. The summed E-state index contributed by atoms with van der Waals surface area (Å²) < 4.78 is 158. The Morgan fingerprint density at radius 2 is 1.51 bits per heavy atom. The molecule has 3 aromatic carbocycles. The fraction of sp³-hybridized carbons (Fsp3) is 0.250. The second-order valence-electron chi connectivity index (χ2n) is 9.16. The smallest absolute Gasteiger partial charge is 0.435 e. The average Bonchev–Trinajstić information content (AvgIpc) is 2.96. The van der Waals surface area contributed by atoms with Gasteiger partial charge in [0.15, 0.2) is 11.6 Å². The number of carbonyl (C=O) groups excluding carboxylic acids is 3. The van der Waals surface area contributed by atoms with E-state index in [0.29, 0.717) is 4.90 Å². The van der Waals surface area contributed by atoms with Crippen molar-refractivity contribution >= 4 is 45.1 Å². The second-order valence-corrected chi connectivity index (χ2v) is 10.0. The van der Waals surface area contributed by atoms with Crippen LogP contribution in [0.3, 0.4) is 0 Å². The largest absolute Gasteiger partial charge is 0.465 e. The van der Waals surface area contributed by atoms with Crippen LogP contribution in [-0.4, -0.2) is 49.9 Å². The minimum atomic E-state index is -6.64. The van der Waals surface area contributed by atoms with E-state index in [0.717, 1.165) is 42.5 Å². The Bertz CT molecular complexity index is 1630.